The zero-order valence-electron chi connectivity index (χ0n) is 25.5. The minimum atomic E-state index is -1.21. The van der Waals surface area contributed by atoms with Crippen LogP contribution in [0.5, 0.6) is 0 Å². The van der Waals surface area contributed by atoms with Gasteiger partial charge in [0.15, 0.2) is 23.2 Å². The number of imidazole rings is 1. The Labute approximate surface area is 271 Å². The lowest BCUT2D eigenvalue weighted by Gasteiger charge is -2.36. The van der Waals surface area contributed by atoms with E-state index in [0.717, 1.165) is 16.7 Å². The van der Waals surface area contributed by atoms with Crippen molar-refractivity contribution >= 4 is 34.7 Å². The minimum absolute atomic E-state index is 0.262. The van der Waals surface area contributed by atoms with E-state index in [9.17, 15) is 15.0 Å². The van der Waals surface area contributed by atoms with E-state index in [-0.39, 0.29) is 5.75 Å². The van der Waals surface area contributed by atoms with Crippen molar-refractivity contribution in [3.05, 3.63) is 120 Å². The van der Waals surface area contributed by atoms with Gasteiger partial charge in [-0.1, -0.05) is 91.0 Å². The van der Waals surface area contributed by atoms with Gasteiger partial charge in [-0.05, 0) is 16.7 Å². The molecule has 2 aromatic heterocycles. The van der Waals surface area contributed by atoms with E-state index in [1.165, 1.54) is 12.7 Å². The van der Waals surface area contributed by atoms with Crippen LogP contribution in [0.25, 0.3) is 11.2 Å². The summed E-state index contributed by atoms with van der Waals surface area (Å²) in [6.07, 6.45) is -0.124. The molecule has 5 atom stereocenters. The molecule has 3 heterocycles. The maximum absolute atomic E-state index is 13.6. The molecule has 0 aliphatic carbocycles. The summed E-state index contributed by atoms with van der Waals surface area (Å²) in [7, 11) is 3.69. The molecular weight excluding hydrogens is 602 g/mol. The summed E-state index contributed by atoms with van der Waals surface area (Å²) < 4.78 is 6.99. The molecule has 238 valence electrons. The molecule has 3 aromatic carbocycles. The second kappa shape index (κ2) is 13.6. The number of anilines is 1. The third kappa shape index (κ3) is 5.85. The van der Waals surface area contributed by atoms with Crippen LogP contribution in [0.4, 0.5) is 5.82 Å². The van der Waals surface area contributed by atoms with Gasteiger partial charge in [0.1, 0.15) is 18.5 Å². The average molecular weight is 640 g/mol. The first-order valence-corrected chi connectivity index (χ1v) is 16.0. The van der Waals surface area contributed by atoms with E-state index in [1.807, 2.05) is 73.6 Å². The lowest BCUT2D eigenvalue weighted by molar-refractivity contribution is -0.123. The Morgan fingerprint density at radius 2 is 1.54 bits per heavy atom. The van der Waals surface area contributed by atoms with Crippen molar-refractivity contribution in [3.63, 3.8) is 0 Å². The van der Waals surface area contributed by atoms with E-state index >= 15 is 0 Å². The predicted octanol–water partition coefficient (Wildman–Crippen LogP) is 2.68. The van der Waals surface area contributed by atoms with Crippen LogP contribution in [0.15, 0.2) is 104 Å². The molecule has 1 aliphatic heterocycles. The molecule has 1 saturated heterocycles. The van der Waals surface area contributed by atoms with Gasteiger partial charge in [0.25, 0.3) is 0 Å². The Morgan fingerprint density at radius 1 is 0.978 bits per heavy atom. The molecule has 0 bridgehead atoms. The average Bonchev–Trinajstić information content (AvgIpc) is 3.66. The van der Waals surface area contributed by atoms with E-state index in [4.69, 9.17) is 10.5 Å². The van der Waals surface area contributed by atoms with Gasteiger partial charge in [0.2, 0.25) is 5.91 Å². The number of thioether (sulfide) groups is 1. The molecular formula is C34H37N7O4S. The third-order valence-corrected chi connectivity index (χ3v) is 9.92. The number of nitrogens with two attached hydrogens (primary N) is 1. The van der Waals surface area contributed by atoms with Crippen molar-refractivity contribution in [1.29, 1.82) is 0 Å². The summed E-state index contributed by atoms with van der Waals surface area (Å²) in [4.78, 5) is 28.5. The van der Waals surface area contributed by atoms with Crippen LogP contribution >= 0.6 is 11.8 Å². The highest BCUT2D eigenvalue weighted by molar-refractivity contribution is 8.00. The predicted molar refractivity (Wildman–Crippen MR) is 178 cm³/mol. The Morgan fingerprint density at radius 3 is 2.07 bits per heavy atom. The number of hydrogen-bond donors (Lipinski definition) is 4. The summed E-state index contributed by atoms with van der Waals surface area (Å²) in [5.41, 5.74) is 10.7. The van der Waals surface area contributed by atoms with Crippen molar-refractivity contribution in [3.8, 4) is 0 Å². The molecule has 0 unspecified atom stereocenters. The fourth-order valence-electron chi connectivity index (χ4n) is 5.99. The van der Waals surface area contributed by atoms with Crippen LogP contribution in [-0.2, 0) is 14.3 Å². The van der Waals surface area contributed by atoms with E-state index in [2.05, 4.69) is 56.7 Å². The van der Waals surface area contributed by atoms with E-state index in [0.29, 0.717) is 17.0 Å². The van der Waals surface area contributed by atoms with Crippen LogP contribution < -0.4 is 16.0 Å². The number of aliphatic hydroxyl groups is 2. The van der Waals surface area contributed by atoms with Crippen LogP contribution in [0.3, 0.4) is 0 Å². The fourth-order valence-corrected chi connectivity index (χ4v) is 7.48. The van der Waals surface area contributed by atoms with Crippen LogP contribution in [0.2, 0.25) is 0 Å². The number of ether oxygens (including phenoxy) is 1. The first-order chi connectivity index (χ1) is 22.3. The number of fused-ring (bicyclic) bond motifs is 1. The zero-order valence-corrected chi connectivity index (χ0v) is 26.4. The van der Waals surface area contributed by atoms with Gasteiger partial charge in [-0.3, -0.25) is 9.36 Å². The maximum Gasteiger partial charge on any atom is 0.238 e. The summed E-state index contributed by atoms with van der Waals surface area (Å²) in [6, 6.07) is 28.6. The topological polar surface area (TPSA) is 152 Å². The van der Waals surface area contributed by atoms with Crippen molar-refractivity contribution in [2.45, 2.75) is 35.3 Å². The molecule has 11 nitrogen and oxygen atoms in total. The molecule has 0 radical (unpaired) electrons. The molecule has 1 aliphatic rings. The lowest BCUT2D eigenvalue weighted by atomic mass is 9.84. The number of nitrogens with one attached hydrogen (secondary N) is 1. The minimum Gasteiger partial charge on any atom is -0.394 e. The second-order valence-corrected chi connectivity index (χ2v) is 12.6. The quantitative estimate of drug-likeness (QED) is 0.159. The first-order valence-electron chi connectivity index (χ1n) is 15.0. The van der Waals surface area contributed by atoms with Crippen molar-refractivity contribution in [2.24, 2.45) is 5.73 Å². The summed E-state index contributed by atoms with van der Waals surface area (Å²) in [5, 5.41) is 24.4. The number of carbonyl (C=O) groups is 1. The van der Waals surface area contributed by atoms with Crippen LogP contribution in [-0.4, -0.2) is 86.4 Å². The number of rotatable bonds is 11. The standard InChI is InChI=1S/C34H37N7O4S/c1-40(2)30-28-31(37-20-36-30)41(21-38-28)33-29(43)27(26(18-42)45-33)39-32(44)25(35)19-46-34(22-12-6-3-7-13-22,23-14-8-4-9-15-23)24-16-10-5-11-17-24/h3-17,20-21,25-27,29,33,42-43H,18-19,35H2,1-2H3,(H,39,44)/t25-,26+,27+,29+,33+/m0/s1. The van der Waals surface area contributed by atoms with Crippen molar-refractivity contribution < 1.29 is 19.7 Å². The molecule has 1 fully saturated rings. The van der Waals surface area contributed by atoms with Crippen LogP contribution in [0.1, 0.15) is 22.9 Å². The third-order valence-electron chi connectivity index (χ3n) is 8.26. The van der Waals surface area contributed by atoms with Crippen molar-refractivity contribution in [2.75, 3.05) is 31.4 Å². The number of aromatic nitrogens is 4. The number of benzene rings is 3. The van der Waals surface area contributed by atoms with Crippen molar-refractivity contribution in [1.82, 2.24) is 24.8 Å². The Bertz CT molecular complexity index is 1660. The molecule has 12 heteroatoms. The van der Waals surface area contributed by atoms with Crippen LogP contribution in [0, 0.1) is 0 Å². The smallest absolute Gasteiger partial charge is 0.238 e. The zero-order chi connectivity index (χ0) is 32.3. The largest absolute Gasteiger partial charge is 0.394 e. The van der Waals surface area contributed by atoms with Gasteiger partial charge < -0.3 is 30.9 Å². The van der Waals surface area contributed by atoms with Gasteiger partial charge >= 0.3 is 0 Å². The van der Waals surface area contributed by atoms with E-state index < -0.39 is 47.8 Å². The first kappa shape index (κ1) is 31.6. The molecule has 0 spiro atoms. The number of hydrogen-bond acceptors (Lipinski definition) is 10. The van der Waals surface area contributed by atoms with Gasteiger partial charge in [0.05, 0.1) is 29.8 Å². The molecule has 5 N–H and O–H groups in total. The van der Waals surface area contributed by atoms with Gasteiger partial charge in [-0.15, -0.1) is 11.8 Å². The lowest BCUT2D eigenvalue weighted by Crippen LogP contribution is -2.54. The molecule has 0 saturated carbocycles. The second-order valence-electron chi connectivity index (χ2n) is 11.4. The Kier molecular flexibility index (Phi) is 9.34. The number of amides is 1. The molecule has 46 heavy (non-hydrogen) atoms. The maximum atomic E-state index is 13.6. The van der Waals surface area contributed by atoms with Gasteiger partial charge in [0, 0.05) is 19.8 Å². The van der Waals surface area contributed by atoms with Gasteiger partial charge in [-0.2, -0.15) is 0 Å². The molecule has 1 amide bonds. The highest BCUT2D eigenvalue weighted by atomic mass is 32.2. The summed E-state index contributed by atoms with van der Waals surface area (Å²) in [5.74, 6) is 0.411. The number of carbonyl (C=O) groups excluding carboxylic acids is 1. The Balaban J connectivity index is 1.24. The molecule has 5 aromatic rings. The highest BCUT2D eigenvalue weighted by Gasteiger charge is 2.46. The SMILES string of the molecule is CN(C)c1ncnc2c1ncn2[C@@H]1O[C@H](CO)[C@@H](NC(=O)[C@@H](N)CSC(c2ccccc2)(c2ccccc2)c2ccccc2)[C@H]1O. The summed E-state index contributed by atoms with van der Waals surface area (Å²) >= 11 is 1.57. The highest BCUT2D eigenvalue weighted by Crippen LogP contribution is 2.48. The van der Waals surface area contributed by atoms with E-state index in [1.54, 1.807) is 16.3 Å². The van der Waals surface area contributed by atoms with Gasteiger partial charge in [-0.25, -0.2) is 15.0 Å². The monoisotopic (exact) mass is 639 g/mol. The summed E-state index contributed by atoms with van der Waals surface area (Å²) in [6.45, 7) is -0.424. The molecule has 6 rings (SSSR count). The Hall–Kier alpha value is -4.33. The normalized spacial score (nSPS) is 20.5. The fraction of sp³-hybridized carbons (Fsp3) is 0.294. The number of nitrogens with zero attached hydrogens (tertiary/aromatic N) is 5. The number of aliphatic hydroxyl groups excluding tert-OH is 2.